The van der Waals surface area contributed by atoms with E-state index in [-0.39, 0.29) is 41.8 Å². The minimum atomic E-state index is -0.581. The fourth-order valence-electron chi connectivity index (χ4n) is 4.62. The molecule has 44 heavy (non-hydrogen) atoms. The number of halogens is 2. The molecule has 0 atom stereocenters. The number of hydrogen-bond donors (Lipinski definition) is 0. The van der Waals surface area contributed by atoms with Crippen LogP contribution in [0.1, 0.15) is 18.1 Å². The van der Waals surface area contributed by atoms with Crippen molar-refractivity contribution in [3.05, 3.63) is 127 Å². The summed E-state index contributed by atoms with van der Waals surface area (Å²) in [5.41, 5.74) is 1.15. The average molecular weight is 629 g/mol. The molecule has 0 saturated carbocycles. The van der Waals surface area contributed by atoms with Gasteiger partial charge in [-0.2, -0.15) is 9.78 Å². The van der Waals surface area contributed by atoms with Crippen LogP contribution in [0.3, 0.4) is 0 Å². The molecule has 0 bridgehead atoms. The van der Waals surface area contributed by atoms with Crippen LogP contribution >= 0.6 is 23.2 Å². The van der Waals surface area contributed by atoms with Crippen molar-refractivity contribution < 1.29 is 18.8 Å². The Morgan fingerprint density at radius 3 is 2.59 bits per heavy atom. The smallest absolute Gasteiger partial charge is 0.315 e. The molecule has 0 N–H and O–H groups in total. The molecule has 12 heteroatoms. The summed E-state index contributed by atoms with van der Waals surface area (Å²) in [5, 5.41) is 18.6. The van der Waals surface area contributed by atoms with E-state index in [4.69, 9.17) is 37.1 Å². The largest absolute Gasteiger partial charge is 0.490 e. The van der Waals surface area contributed by atoms with Gasteiger partial charge >= 0.3 is 5.69 Å². The molecule has 0 radical (unpaired) electrons. The molecule has 0 fully saturated rings. The Labute approximate surface area is 259 Å². The van der Waals surface area contributed by atoms with Gasteiger partial charge in [-0.3, -0.25) is 14.9 Å². The lowest BCUT2D eigenvalue weighted by molar-refractivity contribution is -0.386. The topological polar surface area (TPSA) is 122 Å². The summed E-state index contributed by atoms with van der Waals surface area (Å²) in [5.74, 6) is 0.541. The molecule has 0 saturated heterocycles. The third-order valence-corrected chi connectivity index (χ3v) is 7.25. The van der Waals surface area contributed by atoms with Gasteiger partial charge < -0.3 is 13.9 Å². The van der Waals surface area contributed by atoms with Crippen molar-refractivity contribution in [1.82, 2.24) is 9.66 Å². The molecule has 2 aromatic heterocycles. The van der Waals surface area contributed by atoms with Crippen LogP contribution in [0.15, 0.2) is 99.2 Å². The normalized spacial score (nSPS) is 11.4. The maximum Gasteiger partial charge on any atom is 0.315 e. The average Bonchev–Trinajstić information content (AvgIpc) is 3.45. The molecule has 0 unspecified atom stereocenters. The highest BCUT2D eigenvalue weighted by Gasteiger charge is 2.23. The van der Waals surface area contributed by atoms with Crippen molar-refractivity contribution in [2.24, 2.45) is 5.10 Å². The van der Waals surface area contributed by atoms with E-state index in [0.29, 0.717) is 37.9 Å². The van der Waals surface area contributed by atoms with Crippen molar-refractivity contribution in [1.29, 1.82) is 0 Å². The number of benzene rings is 4. The van der Waals surface area contributed by atoms with Crippen LogP contribution in [-0.2, 0) is 6.61 Å². The first kappa shape index (κ1) is 28.9. The SMILES string of the molecule is CCOc1cc(C=Nn2c(-c3cc4ccccc4o3)nc3ccccc3c2=O)cc([N+](=O)[O-])c1OCc1ccc(Cl)cc1Cl. The van der Waals surface area contributed by atoms with Crippen molar-refractivity contribution >= 4 is 57.0 Å². The number of hydrogen-bond acceptors (Lipinski definition) is 8. The second kappa shape index (κ2) is 12.2. The summed E-state index contributed by atoms with van der Waals surface area (Å²) in [6.07, 6.45) is 1.32. The van der Waals surface area contributed by atoms with E-state index >= 15 is 0 Å². The van der Waals surface area contributed by atoms with Crippen LogP contribution in [0.5, 0.6) is 11.5 Å². The third-order valence-electron chi connectivity index (χ3n) is 6.66. The van der Waals surface area contributed by atoms with Crippen LogP contribution in [0, 0.1) is 10.1 Å². The predicted molar refractivity (Wildman–Crippen MR) is 169 cm³/mol. The Bertz CT molecular complexity index is 2110. The van der Waals surface area contributed by atoms with Gasteiger partial charge in [-0.05, 0) is 49.4 Å². The summed E-state index contributed by atoms with van der Waals surface area (Å²) < 4.78 is 18.7. The van der Waals surface area contributed by atoms with Gasteiger partial charge in [0, 0.05) is 32.6 Å². The number of ether oxygens (including phenoxy) is 2. The van der Waals surface area contributed by atoms with Crippen LogP contribution in [0.2, 0.25) is 10.0 Å². The highest BCUT2D eigenvalue weighted by Crippen LogP contribution is 2.39. The molecule has 2 heterocycles. The second-order valence-electron chi connectivity index (χ2n) is 9.54. The minimum Gasteiger partial charge on any atom is -0.490 e. The molecule has 10 nitrogen and oxygen atoms in total. The molecule has 6 rings (SSSR count). The molecule has 0 aliphatic heterocycles. The van der Waals surface area contributed by atoms with Crippen LogP contribution in [-0.4, -0.2) is 27.4 Å². The number of nitro groups is 1. The summed E-state index contributed by atoms with van der Waals surface area (Å²) in [6, 6.07) is 23.8. The molecule has 220 valence electrons. The molecule has 0 amide bonds. The number of fused-ring (bicyclic) bond motifs is 2. The van der Waals surface area contributed by atoms with E-state index in [1.807, 2.05) is 24.3 Å². The van der Waals surface area contributed by atoms with E-state index in [9.17, 15) is 14.9 Å². The van der Waals surface area contributed by atoms with E-state index in [2.05, 4.69) is 10.1 Å². The van der Waals surface area contributed by atoms with Gasteiger partial charge in [0.15, 0.2) is 11.5 Å². The monoisotopic (exact) mass is 628 g/mol. The number of para-hydroxylation sites is 2. The molecule has 0 aliphatic carbocycles. The lowest BCUT2D eigenvalue weighted by atomic mass is 10.1. The van der Waals surface area contributed by atoms with Crippen molar-refractivity contribution in [3.63, 3.8) is 0 Å². The summed E-state index contributed by atoms with van der Waals surface area (Å²) in [4.78, 5) is 29.9. The Morgan fingerprint density at radius 2 is 1.82 bits per heavy atom. The van der Waals surface area contributed by atoms with E-state index < -0.39 is 10.5 Å². The number of aromatic nitrogens is 2. The van der Waals surface area contributed by atoms with Gasteiger partial charge in [0.25, 0.3) is 5.56 Å². The van der Waals surface area contributed by atoms with Crippen molar-refractivity contribution in [3.8, 4) is 23.1 Å². The number of furan rings is 1. The van der Waals surface area contributed by atoms with Gasteiger partial charge in [-0.25, -0.2) is 4.98 Å². The van der Waals surface area contributed by atoms with Gasteiger partial charge in [0.05, 0.1) is 28.6 Å². The third kappa shape index (κ3) is 5.72. The Balaban J connectivity index is 1.44. The van der Waals surface area contributed by atoms with Gasteiger partial charge in [0.2, 0.25) is 11.6 Å². The summed E-state index contributed by atoms with van der Waals surface area (Å²) in [7, 11) is 0. The number of rotatable bonds is 9. The summed E-state index contributed by atoms with van der Waals surface area (Å²) >= 11 is 12.2. The summed E-state index contributed by atoms with van der Waals surface area (Å²) in [6.45, 7) is 1.88. The zero-order chi connectivity index (χ0) is 30.8. The first-order chi connectivity index (χ1) is 21.3. The lowest BCUT2D eigenvalue weighted by Gasteiger charge is -2.14. The molecular formula is C32H22Cl2N4O6. The Kier molecular flexibility index (Phi) is 8.01. The molecule has 4 aromatic carbocycles. The zero-order valence-corrected chi connectivity index (χ0v) is 24.6. The van der Waals surface area contributed by atoms with Crippen LogP contribution in [0.4, 0.5) is 5.69 Å². The number of nitrogens with zero attached hydrogens (tertiary/aromatic N) is 4. The highest BCUT2D eigenvalue weighted by atomic mass is 35.5. The number of nitro benzene ring substituents is 1. The first-order valence-corrected chi connectivity index (χ1v) is 14.1. The van der Waals surface area contributed by atoms with Gasteiger partial charge in [-0.1, -0.05) is 59.6 Å². The molecule has 6 aromatic rings. The quantitative estimate of drug-likeness (QED) is 0.0906. The van der Waals surface area contributed by atoms with Crippen LogP contribution in [0.25, 0.3) is 33.5 Å². The van der Waals surface area contributed by atoms with Gasteiger partial charge in [-0.15, -0.1) is 0 Å². The van der Waals surface area contributed by atoms with E-state index in [1.54, 1.807) is 61.5 Å². The van der Waals surface area contributed by atoms with Crippen LogP contribution < -0.4 is 15.0 Å². The maximum absolute atomic E-state index is 13.6. The fourth-order valence-corrected chi connectivity index (χ4v) is 5.08. The maximum atomic E-state index is 13.6. The van der Waals surface area contributed by atoms with Gasteiger partial charge in [0.1, 0.15) is 12.2 Å². The zero-order valence-electron chi connectivity index (χ0n) is 23.1. The standard InChI is InChI=1S/C32H22Cl2N4O6/c1-2-42-28-14-19(13-26(38(40)41)30(28)43-18-21-11-12-22(33)16-24(21)34)17-35-37-31(29-15-20-7-3-6-10-27(20)44-29)36-25-9-5-4-8-23(25)32(37)39/h3-17H,2,18H2,1H3. The molecule has 0 spiro atoms. The van der Waals surface area contributed by atoms with E-state index in [0.717, 1.165) is 10.1 Å². The fraction of sp³-hybridized carbons (Fsp3) is 0.0938. The second-order valence-corrected chi connectivity index (χ2v) is 10.4. The minimum absolute atomic E-state index is 0.0661. The van der Waals surface area contributed by atoms with Crippen molar-refractivity contribution in [2.75, 3.05) is 6.61 Å². The molecular weight excluding hydrogens is 607 g/mol. The van der Waals surface area contributed by atoms with Crippen molar-refractivity contribution in [2.45, 2.75) is 13.5 Å². The first-order valence-electron chi connectivity index (χ1n) is 13.4. The predicted octanol–water partition coefficient (Wildman–Crippen LogP) is 7.88. The van der Waals surface area contributed by atoms with E-state index in [1.165, 1.54) is 12.3 Å². The lowest BCUT2D eigenvalue weighted by Crippen LogP contribution is -2.20. The Morgan fingerprint density at radius 1 is 1.02 bits per heavy atom. The highest BCUT2D eigenvalue weighted by molar-refractivity contribution is 6.35. The Hall–Kier alpha value is -5.19. The molecule has 0 aliphatic rings.